The number of methoxy groups -OCH3 is 1. The van der Waals surface area contributed by atoms with E-state index in [1.54, 1.807) is 16.9 Å². The maximum Gasteiger partial charge on any atom is 0.240 e. The molecule has 0 radical (unpaired) electrons. The van der Waals surface area contributed by atoms with E-state index in [0.717, 1.165) is 0 Å². The predicted octanol–water partition coefficient (Wildman–Crippen LogP) is 1.95. The molecule has 0 aliphatic heterocycles. The second-order valence-electron chi connectivity index (χ2n) is 5.39. The van der Waals surface area contributed by atoms with Gasteiger partial charge in [-0.1, -0.05) is 6.92 Å². The van der Waals surface area contributed by atoms with Crippen molar-refractivity contribution in [1.82, 2.24) is 14.5 Å². The monoisotopic (exact) mass is 341 g/mol. The van der Waals surface area contributed by atoms with Gasteiger partial charge in [0.25, 0.3) is 0 Å². The number of nitrogens with one attached hydrogen (secondary N) is 1. The van der Waals surface area contributed by atoms with Gasteiger partial charge in [0.15, 0.2) is 11.6 Å². The number of aromatic nitrogens is 2. The summed E-state index contributed by atoms with van der Waals surface area (Å²) in [6.07, 6.45) is 3.48. The summed E-state index contributed by atoms with van der Waals surface area (Å²) in [7, 11) is -2.45. The maximum absolute atomic E-state index is 14.0. The van der Waals surface area contributed by atoms with Gasteiger partial charge in [-0.05, 0) is 31.0 Å². The van der Waals surface area contributed by atoms with Crippen LogP contribution in [0.1, 0.15) is 12.5 Å². The molecule has 1 atom stereocenters. The van der Waals surface area contributed by atoms with E-state index in [9.17, 15) is 12.8 Å². The summed E-state index contributed by atoms with van der Waals surface area (Å²) < 4.78 is 47.9. The Morgan fingerprint density at radius 3 is 2.78 bits per heavy atom. The molecular weight excluding hydrogens is 321 g/mol. The van der Waals surface area contributed by atoms with E-state index >= 15 is 0 Å². The number of nitrogens with zero attached hydrogens (tertiary/aromatic N) is 2. The maximum atomic E-state index is 14.0. The van der Waals surface area contributed by atoms with Gasteiger partial charge in [-0.25, -0.2) is 17.5 Å². The second-order valence-corrected chi connectivity index (χ2v) is 7.13. The molecule has 0 aliphatic carbocycles. The van der Waals surface area contributed by atoms with Gasteiger partial charge < -0.3 is 4.74 Å². The Labute approximate surface area is 135 Å². The Balaban J connectivity index is 2.08. The molecule has 1 aromatic carbocycles. The van der Waals surface area contributed by atoms with Crippen LogP contribution in [0.3, 0.4) is 0 Å². The molecular formula is C15H20FN3O3S. The predicted molar refractivity (Wildman–Crippen MR) is 84.3 cm³/mol. The molecule has 6 nitrogen and oxygen atoms in total. The van der Waals surface area contributed by atoms with Gasteiger partial charge >= 0.3 is 0 Å². The first kappa shape index (κ1) is 17.4. The highest BCUT2D eigenvalue weighted by molar-refractivity contribution is 7.89. The largest absolute Gasteiger partial charge is 0.494 e. The molecule has 0 spiro atoms. The van der Waals surface area contributed by atoms with Crippen molar-refractivity contribution in [3.8, 4) is 5.75 Å². The van der Waals surface area contributed by atoms with Crippen LogP contribution in [-0.2, 0) is 16.6 Å². The highest BCUT2D eigenvalue weighted by Gasteiger charge is 2.21. The molecule has 126 valence electrons. The fraction of sp³-hybridized carbons (Fsp3) is 0.400. The summed E-state index contributed by atoms with van der Waals surface area (Å²) in [6, 6.07) is 4.46. The van der Waals surface area contributed by atoms with Crippen molar-refractivity contribution in [3.05, 3.63) is 42.0 Å². The average molecular weight is 341 g/mol. The van der Waals surface area contributed by atoms with E-state index in [0.29, 0.717) is 6.54 Å². The molecule has 0 saturated heterocycles. The first-order valence-electron chi connectivity index (χ1n) is 7.15. The molecule has 1 unspecified atom stereocenters. The summed E-state index contributed by atoms with van der Waals surface area (Å²) in [6.45, 7) is 4.14. The Hall–Kier alpha value is -1.93. The average Bonchev–Trinajstić information content (AvgIpc) is 3.00. The molecule has 0 bridgehead atoms. The van der Waals surface area contributed by atoms with Gasteiger partial charge in [0, 0.05) is 31.0 Å². The minimum atomic E-state index is -3.79. The zero-order valence-electron chi connectivity index (χ0n) is 13.3. The zero-order valence-corrected chi connectivity index (χ0v) is 14.1. The van der Waals surface area contributed by atoms with Gasteiger partial charge in [-0.2, -0.15) is 5.10 Å². The smallest absolute Gasteiger partial charge is 0.240 e. The van der Waals surface area contributed by atoms with E-state index in [1.807, 2.05) is 13.1 Å². The van der Waals surface area contributed by atoms with Gasteiger partial charge in [0.2, 0.25) is 10.0 Å². The van der Waals surface area contributed by atoms with Crippen molar-refractivity contribution in [1.29, 1.82) is 0 Å². The Morgan fingerprint density at radius 2 is 2.17 bits per heavy atom. The van der Waals surface area contributed by atoms with Gasteiger partial charge in [-0.15, -0.1) is 0 Å². The van der Waals surface area contributed by atoms with Crippen molar-refractivity contribution < 1.29 is 17.5 Å². The topological polar surface area (TPSA) is 73.2 Å². The van der Waals surface area contributed by atoms with Crippen LogP contribution in [0.2, 0.25) is 0 Å². The second kappa shape index (κ2) is 7.10. The van der Waals surface area contributed by atoms with Crippen molar-refractivity contribution >= 4 is 10.0 Å². The third-order valence-electron chi connectivity index (χ3n) is 3.49. The molecule has 8 heteroatoms. The lowest BCUT2D eigenvalue weighted by molar-refractivity contribution is 0.384. The van der Waals surface area contributed by atoms with Crippen LogP contribution in [-0.4, -0.2) is 31.9 Å². The van der Waals surface area contributed by atoms with Crippen LogP contribution in [0.25, 0.3) is 0 Å². The van der Waals surface area contributed by atoms with Crippen LogP contribution in [0.5, 0.6) is 5.75 Å². The minimum Gasteiger partial charge on any atom is -0.494 e. The Bertz CT molecular complexity index is 761. The molecule has 2 aromatic rings. The van der Waals surface area contributed by atoms with Gasteiger partial charge in [0.1, 0.15) is 0 Å². The first-order chi connectivity index (χ1) is 10.8. The standard InChI is InChI=1S/C15H20FN3O3S/c1-11(10-19-8-4-7-17-19)9-18-23(20,21)14-6-5-13(22-3)15(16)12(14)2/h4-8,11,18H,9-10H2,1-3H3. The number of sulfonamides is 1. The lowest BCUT2D eigenvalue weighted by atomic mass is 10.2. The SMILES string of the molecule is COc1ccc(S(=O)(=O)NCC(C)Cn2cccn2)c(C)c1F. The Kier molecular flexibility index (Phi) is 5.38. The summed E-state index contributed by atoms with van der Waals surface area (Å²) in [5.41, 5.74) is 0.0385. The van der Waals surface area contributed by atoms with E-state index in [-0.39, 0.29) is 28.7 Å². The number of benzene rings is 1. The number of ether oxygens (including phenoxy) is 1. The third-order valence-corrected chi connectivity index (χ3v) is 5.06. The van der Waals surface area contributed by atoms with Gasteiger partial charge in [-0.3, -0.25) is 4.68 Å². The van der Waals surface area contributed by atoms with Crippen LogP contribution >= 0.6 is 0 Å². The summed E-state index contributed by atoms with van der Waals surface area (Å²) in [5, 5.41) is 4.08. The normalized spacial score (nSPS) is 13.0. The van der Waals surface area contributed by atoms with Crippen LogP contribution < -0.4 is 9.46 Å². The molecule has 0 fully saturated rings. The summed E-state index contributed by atoms with van der Waals surface area (Å²) in [4.78, 5) is -0.0814. The third kappa shape index (κ3) is 4.08. The molecule has 0 amide bonds. The lowest BCUT2D eigenvalue weighted by Crippen LogP contribution is -2.30. The van der Waals surface area contributed by atoms with Crippen molar-refractivity contribution in [2.24, 2.45) is 5.92 Å². The molecule has 1 aromatic heterocycles. The fourth-order valence-electron chi connectivity index (χ4n) is 2.21. The van der Waals surface area contributed by atoms with Crippen LogP contribution in [0.15, 0.2) is 35.5 Å². The van der Waals surface area contributed by atoms with Gasteiger partial charge in [0.05, 0.1) is 12.0 Å². The first-order valence-corrected chi connectivity index (χ1v) is 8.63. The quantitative estimate of drug-likeness (QED) is 0.835. The van der Waals surface area contributed by atoms with E-state index < -0.39 is 15.8 Å². The summed E-state index contributed by atoms with van der Waals surface area (Å²) in [5.74, 6) is -0.610. The number of hydrogen-bond donors (Lipinski definition) is 1. The molecule has 1 N–H and O–H groups in total. The fourth-order valence-corrected chi connectivity index (χ4v) is 3.61. The van der Waals surface area contributed by atoms with Crippen molar-refractivity contribution in [2.75, 3.05) is 13.7 Å². The zero-order chi connectivity index (χ0) is 17.0. The molecule has 2 rings (SSSR count). The van der Waals surface area contributed by atoms with E-state index in [1.165, 1.54) is 26.2 Å². The Morgan fingerprint density at radius 1 is 1.43 bits per heavy atom. The molecule has 23 heavy (non-hydrogen) atoms. The van der Waals surface area contributed by atoms with Crippen molar-refractivity contribution in [3.63, 3.8) is 0 Å². The molecule has 1 heterocycles. The van der Waals surface area contributed by atoms with E-state index in [2.05, 4.69) is 9.82 Å². The van der Waals surface area contributed by atoms with Crippen LogP contribution in [0, 0.1) is 18.7 Å². The number of hydrogen-bond acceptors (Lipinski definition) is 4. The highest BCUT2D eigenvalue weighted by atomic mass is 32.2. The number of rotatable bonds is 7. The molecule has 0 saturated carbocycles. The van der Waals surface area contributed by atoms with Crippen LogP contribution in [0.4, 0.5) is 4.39 Å². The van der Waals surface area contributed by atoms with E-state index in [4.69, 9.17) is 4.74 Å². The summed E-state index contributed by atoms with van der Waals surface area (Å²) >= 11 is 0. The highest BCUT2D eigenvalue weighted by Crippen LogP contribution is 2.25. The lowest BCUT2D eigenvalue weighted by Gasteiger charge is -2.15. The number of halogens is 1. The minimum absolute atomic E-state index is 0.0218. The molecule has 0 aliphatic rings. The van der Waals surface area contributed by atoms with Crippen molar-refractivity contribution in [2.45, 2.75) is 25.3 Å².